The third-order valence-corrected chi connectivity index (χ3v) is 3.89. The number of amides is 1. The lowest BCUT2D eigenvalue weighted by Gasteiger charge is -2.26. The van der Waals surface area contributed by atoms with Crippen LogP contribution < -0.4 is 5.73 Å². The molecule has 0 aromatic heterocycles. The van der Waals surface area contributed by atoms with Gasteiger partial charge in [0.05, 0.1) is 11.8 Å². The van der Waals surface area contributed by atoms with E-state index in [1.165, 1.54) is 11.2 Å². The van der Waals surface area contributed by atoms with E-state index in [9.17, 15) is 13.2 Å². The summed E-state index contributed by atoms with van der Waals surface area (Å²) in [6, 6.07) is -0.542. The molecular formula is C11H24N2O3S. The van der Waals surface area contributed by atoms with Crippen LogP contribution in [-0.2, 0) is 14.6 Å². The summed E-state index contributed by atoms with van der Waals surface area (Å²) in [7, 11) is -3.05. The molecule has 0 saturated carbocycles. The van der Waals surface area contributed by atoms with Crippen LogP contribution in [0.2, 0.25) is 0 Å². The first-order valence-corrected chi connectivity index (χ1v) is 8.01. The average molecular weight is 264 g/mol. The number of likely N-dealkylation sites (N-methyl/N-ethyl adjacent to an activating group) is 1. The standard InChI is InChI=1S/C11H24N2O3S/c1-5-9(3)10(12)11(14)13(6-2)7-8-17(4,15)16/h9-10H,5-8,12H2,1-4H3. The van der Waals surface area contributed by atoms with E-state index in [4.69, 9.17) is 5.73 Å². The van der Waals surface area contributed by atoms with Crippen LogP contribution in [0, 0.1) is 5.92 Å². The molecule has 0 spiro atoms. The van der Waals surface area contributed by atoms with Crippen LogP contribution in [0.3, 0.4) is 0 Å². The lowest BCUT2D eigenvalue weighted by Crippen LogP contribution is -2.48. The van der Waals surface area contributed by atoms with Crippen LogP contribution in [0.15, 0.2) is 0 Å². The molecule has 102 valence electrons. The van der Waals surface area contributed by atoms with Crippen molar-refractivity contribution >= 4 is 15.7 Å². The molecule has 0 radical (unpaired) electrons. The third kappa shape index (κ3) is 6.02. The number of rotatable bonds is 7. The second-order valence-corrected chi connectivity index (χ2v) is 6.72. The van der Waals surface area contributed by atoms with Gasteiger partial charge < -0.3 is 10.6 Å². The number of hydrogen-bond acceptors (Lipinski definition) is 4. The van der Waals surface area contributed by atoms with Gasteiger partial charge in [0.2, 0.25) is 5.91 Å². The summed E-state index contributed by atoms with van der Waals surface area (Å²) in [5.74, 6) is -0.0694. The van der Waals surface area contributed by atoms with E-state index in [1.54, 1.807) is 0 Å². The molecule has 5 nitrogen and oxygen atoms in total. The van der Waals surface area contributed by atoms with E-state index < -0.39 is 15.9 Å². The maximum atomic E-state index is 12.0. The number of hydrogen-bond donors (Lipinski definition) is 1. The quantitative estimate of drug-likeness (QED) is 0.715. The van der Waals surface area contributed by atoms with Gasteiger partial charge in [0.15, 0.2) is 0 Å². The van der Waals surface area contributed by atoms with Crippen molar-refractivity contribution in [2.75, 3.05) is 25.1 Å². The van der Waals surface area contributed by atoms with Gasteiger partial charge in [0, 0.05) is 19.3 Å². The molecule has 0 aliphatic carbocycles. The number of nitrogens with two attached hydrogens (primary N) is 1. The molecule has 1 amide bonds. The summed E-state index contributed by atoms with van der Waals surface area (Å²) in [5, 5.41) is 0. The zero-order valence-corrected chi connectivity index (χ0v) is 12.0. The fraction of sp³-hybridized carbons (Fsp3) is 0.909. The minimum atomic E-state index is -3.05. The topological polar surface area (TPSA) is 80.5 Å². The Kier molecular flexibility index (Phi) is 6.70. The van der Waals surface area contributed by atoms with Gasteiger partial charge in [-0.15, -0.1) is 0 Å². The molecule has 0 aliphatic heterocycles. The predicted molar refractivity (Wildman–Crippen MR) is 69.4 cm³/mol. The minimum Gasteiger partial charge on any atom is -0.341 e. The smallest absolute Gasteiger partial charge is 0.239 e. The molecule has 0 aromatic rings. The van der Waals surface area contributed by atoms with E-state index in [1.807, 2.05) is 20.8 Å². The van der Waals surface area contributed by atoms with Gasteiger partial charge in [-0.3, -0.25) is 4.79 Å². The molecule has 0 aliphatic rings. The highest BCUT2D eigenvalue weighted by atomic mass is 32.2. The van der Waals surface area contributed by atoms with Crippen molar-refractivity contribution in [1.82, 2.24) is 4.90 Å². The van der Waals surface area contributed by atoms with Crippen molar-refractivity contribution in [2.24, 2.45) is 11.7 Å². The summed E-state index contributed by atoms with van der Waals surface area (Å²) in [6.45, 7) is 6.43. The number of carbonyl (C=O) groups is 1. The maximum Gasteiger partial charge on any atom is 0.239 e. The fourth-order valence-corrected chi connectivity index (χ4v) is 1.96. The first-order chi connectivity index (χ1) is 7.72. The Balaban J connectivity index is 4.50. The summed E-state index contributed by atoms with van der Waals surface area (Å²) in [6.07, 6.45) is 2.00. The Morgan fingerprint density at radius 2 is 1.88 bits per heavy atom. The highest BCUT2D eigenvalue weighted by Gasteiger charge is 2.24. The van der Waals surface area contributed by atoms with Crippen LogP contribution in [0.5, 0.6) is 0 Å². The molecule has 0 fully saturated rings. The molecule has 2 atom stereocenters. The summed E-state index contributed by atoms with van der Waals surface area (Å²) < 4.78 is 22.1. The Labute approximate surface area is 104 Å². The van der Waals surface area contributed by atoms with E-state index in [0.29, 0.717) is 6.54 Å². The van der Waals surface area contributed by atoms with Crippen molar-refractivity contribution in [3.63, 3.8) is 0 Å². The molecule has 0 aromatic carbocycles. The molecule has 6 heteroatoms. The largest absolute Gasteiger partial charge is 0.341 e. The highest BCUT2D eigenvalue weighted by Crippen LogP contribution is 2.08. The van der Waals surface area contributed by atoms with Gasteiger partial charge in [-0.1, -0.05) is 20.3 Å². The maximum absolute atomic E-state index is 12.0. The Bertz CT molecular complexity index is 341. The zero-order valence-electron chi connectivity index (χ0n) is 11.1. The van der Waals surface area contributed by atoms with E-state index in [0.717, 1.165) is 6.42 Å². The van der Waals surface area contributed by atoms with Gasteiger partial charge >= 0.3 is 0 Å². The second-order valence-electron chi connectivity index (χ2n) is 4.46. The third-order valence-electron chi connectivity index (χ3n) is 2.97. The van der Waals surface area contributed by atoms with Crippen molar-refractivity contribution in [2.45, 2.75) is 33.2 Å². The summed E-state index contributed by atoms with van der Waals surface area (Å²) >= 11 is 0. The number of carbonyl (C=O) groups excluding carboxylic acids is 1. The molecule has 17 heavy (non-hydrogen) atoms. The van der Waals surface area contributed by atoms with Crippen molar-refractivity contribution in [1.29, 1.82) is 0 Å². The van der Waals surface area contributed by atoms with Crippen LogP contribution in [0.4, 0.5) is 0 Å². The predicted octanol–water partition coefficient (Wildman–Crippen LogP) is 0.253. The molecule has 2 unspecified atom stereocenters. The zero-order chi connectivity index (χ0) is 13.6. The normalized spacial score (nSPS) is 15.4. The molecule has 2 N–H and O–H groups in total. The van der Waals surface area contributed by atoms with Crippen molar-refractivity contribution < 1.29 is 13.2 Å². The number of nitrogens with zero attached hydrogens (tertiary/aromatic N) is 1. The number of sulfone groups is 1. The first kappa shape index (κ1) is 16.4. The van der Waals surface area contributed by atoms with Gasteiger partial charge in [0.25, 0.3) is 0 Å². The van der Waals surface area contributed by atoms with Gasteiger partial charge in [-0.05, 0) is 12.8 Å². The Hall–Kier alpha value is -0.620. The van der Waals surface area contributed by atoms with Crippen molar-refractivity contribution in [3.8, 4) is 0 Å². The van der Waals surface area contributed by atoms with Gasteiger partial charge in [-0.2, -0.15) is 0 Å². The van der Waals surface area contributed by atoms with Gasteiger partial charge in [0.1, 0.15) is 9.84 Å². The van der Waals surface area contributed by atoms with Crippen LogP contribution in [-0.4, -0.2) is 50.4 Å². The lowest BCUT2D eigenvalue weighted by molar-refractivity contribution is -0.133. The summed E-state index contributed by atoms with van der Waals surface area (Å²) in [4.78, 5) is 13.5. The van der Waals surface area contributed by atoms with E-state index in [-0.39, 0.29) is 24.1 Å². The van der Waals surface area contributed by atoms with E-state index >= 15 is 0 Å². The van der Waals surface area contributed by atoms with Crippen molar-refractivity contribution in [3.05, 3.63) is 0 Å². The second kappa shape index (κ2) is 6.96. The van der Waals surface area contributed by atoms with Crippen LogP contribution in [0.1, 0.15) is 27.2 Å². The molecule has 0 rings (SSSR count). The average Bonchev–Trinajstić information content (AvgIpc) is 2.25. The molecular weight excluding hydrogens is 240 g/mol. The summed E-state index contributed by atoms with van der Waals surface area (Å²) in [5.41, 5.74) is 5.85. The minimum absolute atomic E-state index is 0.0141. The Morgan fingerprint density at radius 1 is 1.35 bits per heavy atom. The monoisotopic (exact) mass is 264 g/mol. The lowest BCUT2D eigenvalue weighted by atomic mass is 9.99. The fourth-order valence-electron chi connectivity index (χ4n) is 1.41. The molecule has 0 saturated heterocycles. The van der Waals surface area contributed by atoms with Crippen LogP contribution >= 0.6 is 0 Å². The molecule has 0 bridgehead atoms. The first-order valence-electron chi connectivity index (χ1n) is 5.95. The SMILES string of the molecule is CCC(C)C(N)C(=O)N(CC)CCS(C)(=O)=O. The molecule has 0 heterocycles. The highest BCUT2D eigenvalue weighted by molar-refractivity contribution is 7.90. The van der Waals surface area contributed by atoms with E-state index in [2.05, 4.69) is 0 Å². The van der Waals surface area contributed by atoms with Gasteiger partial charge in [-0.25, -0.2) is 8.42 Å². The van der Waals surface area contributed by atoms with Crippen LogP contribution in [0.25, 0.3) is 0 Å². The Morgan fingerprint density at radius 3 is 2.24 bits per heavy atom.